The number of rotatable bonds is 7. The van der Waals surface area contributed by atoms with Gasteiger partial charge < -0.3 is 14.4 Å². The number of ether oxygens (including phenoxy) is 2. The monoisotopic (exact) mass is 496 g/mol. The Bertz CT molecular complexity index is 985. The minimum absolute atomic E-state index is 0.0137. The van der Waals surface area contributed by atoms with Gasteiger partial charge in [-0.3, -0.25) is 4.79 Å². The Morgan fingerprint density at radius 2 is 1.90 bits per heavy atom. The predicted molar refractivity (Wildman–Crippen MR) is 118 cm³/mol. The maximum absolute atomic E-state index is 12.1. The molecule has 29 heavy (non-hydrogen) atoms. The second-order valence-corrected chi connectivity index (χ2v) is 7.85. The van der Waals surface area contributed by atoms with E-state index in [1.54, 1.807) is 44.4 Å². The minimum atomic E-state index is -0.380. The van der Waals surface area contributed by atoms with Gasteiger partial charge in [0.15, 0.2) is 11.5 Å². The van der Waals surface area contributed by atoms with E-state index in [4.69, 9.17) is 32.7 Å². The van der Waals surface area contributed by atoms with Gasteiger partial charge in [0.05, 0.1) is 6.61 Å². The molecule has 0 aliphatic carbocycles. The lowest BCUT2D eigenvalue weighted by molar-refractivity contribution is -0.124. The van der Waals surface area contributed by atoms with Crippen molar-refractivity contribution in [2.24, 2.45) is 0 Å². The molecule has 1 amide bonds. The van der Waals surface area contributed by atoms with E-state index in [1.165, 1.54) is 11.0 Å². The van der Waals surface area contributed by atoms with Gasteiger partial charge in [-0.2, -0.15) is 5.26 Å². The summed E-state index contributed by atoms with van der Waals surface area (Å²) in [6.07, 6.45) is 1.51. The van der Waals surface area contributed by atoms with Gasteiger partial charge in [-0.25, -0.2) is 0 Å². The molecule has 0 saturated carbocycles. The molecule has 0 N–H and O–H groups in total. The zero-order valence-electron chi connectivity index (χ0n) is 16.1. The molecule has 2 aromatic carbocycles. The predicted octanol–water partition coefficient (Wildman–Crippen LogP) is 5.73. The molecule has 2 rings (SSSR count). The first kappa shape index (κ1) is 23.1. The highest BCUT2D eigenvalue weighted by Crippen LogP contribution is 2.36. The number of amides is 1. The first-order valence-electron chi connectivity index (χ1n) is 8.63. The number of carbonyl (C=O) groups excluding carboxylic acids is 1. The molecule has 8 heteroatoms. The molecule has 0 spiro atoms. The summed E-state index contributed by atoms with van der Waals surface area (Å²) >= 11 is 15.6. The van der Waals surface area contributed by atoms with E-state index in [0.717, 1.165) is 5.56 Å². The van der Waals surface area contributed by atoms with Gasteiger partial charge in [-0.15, -0.1) is 0 Å². The lowest BCUT2D eigenvalue weighted by Gasteiger charge is -2.15. The molecule has 0 aliphatic rings. The fourth-order valence-corrected chi connectivity index (χ4v) is 3.27. The summed E-state index contributed by atoms with van der Waals surface area (Å²) in [6.45, 7) is 2.50. The smallest absolute Gasteiger partial charge is 0.264 e. The maximum Gasteiger partial charge on any atom is 0.264 e. The molecular weight excluding hydrogens is 479 g/mol. The quantitative estimate of drug-likeness (QED) is 0.362. The first-order chi connectivity index (χ1) is 13.8. The number of carbonyl (C=O) groups is 1. The Morgan fingerprint density at radius 3 is 2.48 bits per heavy atom. The van der Waals surface area contributed by atoms with Crippen LogP contribution in [-0.4, -0.2) is 31.5 Å². The van der Waals surface area contributed by atoms with Crippen molar-refractivity contribution < 1.29 is 14.3 Å². The minimum Gasteiger partial charge on any atom is -0.490 e. The summed E-state index contributed by atoms with van der Waals surface area (Å²) < 4.78 is 12.2. The number of hydrogen-bond donors (Lipinski definition) is 0. The highest BCUT2D eigenvalue weighted by Gasteiger charge is 2.15. The lowest BCUT2D eigenvalue weighted by atomic mass is 10.1. The lowest BCUT2D eigenvalue weighted by Crippen LogP contribution is -2.22. The van der Waals surface area contributed by atoms with Gasteiger partial charge >= 0.3 is 0 Å². The van der Waals surface area contributed by atoms with Crippen molar-refractivity contribution in [2.45, 2.75) is 13.5 Å². The van der Waals surface area contributed by atoms with E-state index >= 15 is 0 Å². The summed E-state index contributed by atoms with van der Waals surface area (Å²) in [7, 11) is 3.18. The Hall–Kier alpha value is -2.20. The molecule has 2 aromatic rings. The van der Waals surface area contributed by atoms with Gasteiger partial charge in [-0.1, -0.05) is 45.2 Å². The summed E-state index contributed by atoms with van der Waals surface area (Å²) in [4.78, 5) is 13.5. The molecule has 0 aromatic heterocycles. The molecule has 0 unspecified atom stereocenters. The highest BCUT2D eigenvalue weighted by atomic mass is 79.9. The van der Waals surface area contributed by atoms with Crippen molar-refractivity contribution in [3.8, 4) is 17.6 Å². The fourth-order valence-electron chi connectivity index (χ4n) is 2.38. The Balaban J connectivity index is 2.36. The summed E-state index contributed by atoms with van der Waals surface area (Å²) in [5.74, 6) is 0.607. The molecule has 0 bridgehead atoms. The van der Waals surface area contributed by atoms with Gasteiger partial charge in [0.25, 0.3) is 5.91 Å². The molecule has 0 radical (unpaired) electrons. The van der Waals surface area contributed by atoms with Gasteiger partial charge in [0.2, 0.25) is 0 Å². The largest absolute Gasteiger partial charge is 0.490 e. The van der Waals surface area contributed by atoms with E-state index in [1.807, 2.05) is 13.0 Å². The number of likely N-dealkylation sites (N-methyl/N-ethyl adjacent to an activating group) is 1. The van der Waals surface area contributed by atoms with Crippen LogP contribution in [0.25, 0.3) is 6.08 Å². The molecule has 152 valence electrons. The Kier molecular flexibility index (Phi) is 8.39. The second-order valence-electron chi connectivity index (χ2n) is 6.15. The van der Waals surface area contributed by atoms with Crippen molar-refractivity contribution in [1.82, 2.24) is 4.90 Å². The van der Waals surface area contributed by atoms with Crippen molar-refractivity contribution in [3.63, 3.8) is 0 Å². The van der Waals surface area contributed by atoms with Gasteiger partial charge in [0, 0.05) is 34.2 Å². The molecular formula is C21H19BrCl2N2O3. The van der Waals surface area contributed by atoms with Crippen LogP contribution < -0.4 is 9.47 Å². The van der Waals surface area contributed by atoms with Crippen molar-refractivity contribution in [3.05, 3.63) is 61.5 Å². The highest BCUT2D eigenvalue weighted by molar-refractivity contribution is 9.10. The third kappa shape index (κ3) is 6.14. The third-order valence-electron chi connectivity index (χ3n) is 3.82. The van der Waals surface area contributed by atoms with E-state index in [0.29, 0.717) is 38.2 Å². The van der Waals surface area contributed by atoms with E-state index in [9.17, 15) is 10.1 Å². The SMILES string of the molecule is CCOc1cc(/C=C(\C#N)C(=O)N(C)C)c(Br)cc1OCc1ccc(Cl)cc1Cl. The average Bonchev–Trinajstić information content (AvgIpc) is 2.67. The normalized spacial score (nSPS) is 11.0. The van der Waals surface area contributed by atoms with Crippen LogP contribution in [-0.2, 0) is 11.4 Å². The van der Waals surface area contributed by atoms with E-state index in [2.05, 4.69) is 15.9 Å². The Labute approximate surface area is 188 Å². The summed E-state index contributed by atoms with van der Waals surface area (Å²) in [6, 6.07) is 10.6. The van der Waals surface area contributed by atoms with E-state index in [-0.39, 0.29) is 18.1 Å². The van der Waals surface area contributed by atoms with Crippen molar-refractivity contribution in [1.29, 1.82) is 5.26 Å². The molecule has 0 aliphatic heterocycles. The Morgan fingerprint density at radius 1 is 1.21 bits per heavy atom. The molecule has 0 saturated heterocycles. The molecule has 0 heterocycles. The molecule has 0 atom stereocenters. The van der Waals surface area contributed by atoms with Crippen LogP contribution in [0.3, 0.4) is 0 Å². The van der Waals surface area contributed by atoms with Crippen LogP contribution in [0, 0.1) is 11.3 Å². The maximum atomic E-state index is 12.1. The zero-order valence-corrected chi connectivity index (χ0v) is 19.2. The van der Waals surface area contributed by atoms with Crippen LogP contribution in [0.2, 0.25) is 10.0 Å². The standard InChI is InChI=1S/C21H19BrCl2N2O3/c1-4-28-19-8-14(7-15(11-25)21(27)26(2)3)17(22)10-20(19)29-12-13-5-6-16(23)9-18(13)24/h5-10H,4,12H2,1-3H3/b15-7+. The van der Waals surface area contributed by atoms with Crippen molar-refractivity contribution in [2.75, 3.05) is 20.7 Å². The van der Waals surface area contributed by atoms with Crippen LogP contribution in [0.15, 0.2) is 40.4 Å². The van der Waals surface area contributed by atoms with Crippen LogP contribution in [0.1, 0.15) is 18.1 Å². The van der Waals surface area contributed by atoms with Crippen LogP contribution >= 0.6 is 39.1 Å². The topological polar surface area (TPSA) is 62.6 Å². The van der Waals surface area contributed by atoms with Gasteiger partial charge in [-0.05, 0) is 42.8 Å². The average molecular weight is 498 g/mol. The first-order valence-corrected chi connectivity index (χ1v) is 10.2. The zero-order chi connectivity index (χ0) is 21.6. The molecule has 0 fully saturated rings. The number of nitriles is 1. The number of benzene rings is 2. The fraction of sp³-hybridized carbons (Fsp3) is 0.238. The number of halogens is 3. The molecule has 5 nitrogen and oxygen atoms in total. The number of hydrogen-bond acceptors (Lipinski definition) is 4. The third-order valence-corrected chi connectivity index (χ3v) is 5.09. The second kappa shape index (κ2) is 10.5. The van der Waals surface area contributed by atoms with E-state index < -0.39 is 0 Å². The van der Waals surface area contributed by atoms with Gasteiger partial charge in [0.1, 0.15) is 18.2 Å². The van der Waals surface area contributed by atoms with Crippen LogP contribution in [0.5, 0.6) is 11.5 Å². The van der Waals surface area contributed by atoms with Crippen molar-refractivity contribution >= 4 is 51.1 Å². The summed E-state index contributed by atoms with van der Waals surface area (Å²) in [5, 5.41) is 10.4. The van der Waals surface area contributed by atoms with Crippen LogP contribution in [0.4, 0.5) is 0 Å². The number of nitrogens with zero attached hydrogens (tertiary/aromatic N) is 2. The summed E-state index contributed by atoms with van der Waals surface area (Å²) in [5.41, 5.74) is 1.42.